The van der Waals surface area contributed by atoms with E-state index in [0.717, 1.165) is 4.31 Å². The minimum atomic E-state index is -3.94. The molecule has 9 heteroatoms. The molecule has 0 saturated carbocycles. The minimum Gasteiger partial charge on any atom is -0.493 e. The Kier molecular flexibility index (Phi) is 6.14. The number of carbonyl (C=O) groups excluding carboxylic acids is 1. The Balaban J connectivity index is 1.96. The quantitative estimate of drug-likeness (QED) is 0.510. The van der Waals surface area contributed by atoms with Crippen LogP contribution in [-0.4, -0.2) is 47.3 Å². The Bertz CT molecular complexity index is 1260. The predicted molar refractivity (Wildman–Crippen MR) is 115 cm³/mol. The van der Waals surface area contributed by atoms with Gasteiger partial charge in [0.05, 0.1) is 34.6 Å². The van der Waals surface area contributed by atoms with Gasteiger partial charge in [-0.25, -0.2) is 13.2 Å². The second-order valence-electron chi connectivity index (χ2n) is 6.83. The largest absolute Gasteiger partial charge is 0.493 e. The number of hydrogen-bond acceptors (Lipinski definition) is 5. The Morgan fingerprint density at radius 2 is 1.70 bits per heavy atom. The number of carbonyl (C=O) groups is 1. The maximum atomic E-state index is 13.2. The summed E-state index contributed by atoms with van der Waals surface area (Å²) >= 11 is 0. The van der Waals surface area contributed by atoms with E-state index in [1.54, 1.807) is 51.4 Å². The highest BCUT2D eigenvalue weighted by molar-refractivity contribution is 7.89. The van der Waals surface area contributed by atoms with Crippen LogP contribution in [0.15, 0.2) is 52.2 Å². The first-order valence-electron chi connectivity index (χ1n) is 9.63. The topological polar surface area (TPSA) is 90.6 Å². The number of nitrogens with zero attached hydrogens (tertiary/aromatic N) is 3. The molecule has 3 rings (SSSR count). The molecule has 8 nitrogen and oxygen atoms in total. The van der Waals surface area contributed by atoms with Gasteiger partial charge in [-0.1, -0.05) is 19.1 Å². The van der Waals surface area contributed by atoms with Crippen molar-refractivity contribution in [1.82, 2.24) is 13.4 Å². The number of Topliss-reactive ketones (excluding diaryl/α,β-unsaturated/α-hetero) is 1. The van der Waals surface area contributed by atoms with E-state index in [1.165, 1.54) is 21.3 Å². The molecule has 0 N–H and O–H groups in total. The lowest BCUT2D eigenvalue weighted by Gasteiger charge is -2.20. The number of imidazole rings is 1. The molecule has 0 aliphatic heterocycles. The summed E-state index contributed by atoms with van der Waals surface area (Å²) in [5.74, 6) is 0.0804. The van der Waals surface area contributed by atoms with Gasteiger partial charge in [-0.15, -0.1) is 0 Å². The molecule has 0 unspecified atom stereocenters. The van der Waals surface area contributed by atoms with Crippen LogP contribution in [0.3, 0.4) is 0 Å². The lowest BCUT2D eigenvalue weighted by atomic mass is 10.1. The van der Waals surface area contributed by atoms with Crippen LogP contribution < -0.4 is 10.4 Å². The molecule has 0 saturated heterocycles. The third kappa shape index (κ3) is 3.78. The maximum Gasteiger partial charge on any atom is 0.328 e. The van der Waals surface area contributed by atoms with Crippen LogP contribution in [0.25, 0.3) is 11.0 Å². The third-order valence-corrected chi connectivity index (χ3v) is 6.96. The summed E-state index contributed by atoms with van der Waals surface area (Å²) in [5, 5.41) is 0. The maximum absolute atomic E-state index is 13.2. The molecule has 1 heterocycles. The second kappa shape index (κ2) is 8.45. The molecule has 0 aliphatic carbocycles. The van der Waals surface area contributed by atoms with Crippen molar-refractivity contribution < 1.29 is 17.9 Å². The number of benzene rings is 2. The number of ether oxygens (including phenoxy) is 1. The van der Waals surface area contributed by atoms with E-state index in [0.29, 0.717) is 29.0 Å². The molecule has 0 fully saturated rings. The molecule has 0 atom stereocenters. The number of likely N-dealkylation sites (N-methyl/N-ethyl adjacent to an activating group) is 1. The summed E-state index contributed by atoms with van der Waals surface area (Å²) in [4.78, 5) is 25.0. The first-order chi connectivity index (χ1) is 14.2. The van der Waals surface area contributed by atoms with Crippen LogP contribution in [0, 0.1) is 0 Å². The summed E-state index contributed by atoms with van der Waals surface area (Å²) in [5.41, 5.74) is 1.24. The van der Waals surface area contributed by atoms with Crippen molar-refractivity contribution in [3.05, 3.63) is 58.5 Å². The van der Waals surface area contributed by atoms with E-state index >= 15 is 0 Å². The molecule has 0 spiro atoms. The van der Waals surface area contributed by atoms with Gasteiger partial charge in [-0.05, 0) is 37.3 Å². The van der Waals surface area contributed by atoms with Gasteiger partial charge in [-0.2, -0.15) is 4.31 Å². The fourth-order valence-corrected chi connectivity index (χ4v) is 4.81. The SMILES string of the molecule is CCOc1ccccc1C(=O)CN(CC)S(=O)(=O)c1ccc2c(c1)n(C)c(=O)n2C. The van der Waals surface area contributed by atoms with Gasteiger partial charge in [0.2, 0.25) is 10.0 Å². The van der Waals surface area contributed by atoms with E-state index in [9.17, 15) is 18.0 Å². The van der Waals surface area contributed by atoms with Crippen molar-refractivity contribution >= 4 is 26.8 Å². The number of aromatic nitrogens is 2. The van der Waals surface area contributed by atoms with Crippen LogP contribution in [0.5, 0.6) is 5.75 Å². The Labute approximate surface area is 175 Å². The zero-order valence-corrected chi connectivity index (χ0v) is 18.3. The molecule has 3 aromatic rings. The zero-order chi connectivity index (χ0) is 22.1. The summed E-state index contributed by atoms with van der Waals surface area (Å²) in [6, 6.07) is 11.3. The number of ketones is 1. The fourth-order valence-electron chi connectivity index (χ4n) is 3.39. The smallest absolute Gasteiger partial charge is 0.328 e. The minimum absolute atomic E-state index is 0.0314. The first kappa shape index (κ1) is 21.8. The molecule has 160 valence electrons. The van der Waals surface area contributed by atoms with Crippen molar-refractivity contribution in [3.63, 3.8) is 0 Å². The van der Waals surface area contributed by atoms with Crippen molar-refractivity contribution in [1.29, 1.82) is 0 Å². The average molecular weight is 432 g/mol. The summed E-state index contributed by atoms with van der Waals surface area (Å²) in [7, 11) is -0.723. The Hall–Kier alpha value is -2.91. The fraction of sp³-hybridized carbons (Fsp3) is 0.333. The van der Waals surface area contributed by atoms with Crippen LogP contribution in [-0.2, 0) is 24.1 Å². The predicted octanol–water partition coefficient (Wildman–Crippen LogP) is 2.17. The normalized spacial score (nSPS) is 11.9. The van der Waals surface area contributed by atoms with Gasteiger partial charge in [-0.3, -0.25) is 13.9 Å². The van der Waals surface area contributed by atoms with Crippen molar-refractivity contribution in [3.8, 4) is 5.75 Å². The van der Waals surface area contributed by atoms with Crippen LogP contribution in [0.4, 0.5) is 0 Å². The molecular formula is C21H25N3O5S. The van der Waals surface area contributed by atoms with Crippen molar-refractivity contribution in [2.45, 2.75) is 18.7 Å². The molecule has 0 amide bonds. The van der Waals surface area contributed by atoms with Crippen LogP contribution in [0.2, 0.25) is 0 Å². The van der Waals surface area contributed by atoms with Gasteiger partial charge in [0.25, 0.3) is 0 Å². The Morgan fingerprint density at radius 1 is 1.03 bits per heavy atom. The molecular weight excluding hydrogens is 406 g/mol. The number of fused-ring (bicyclic) bond motifs is 1. The van der Waals surface area contributed by atoms with Gasteiger partial charge in [0, 0.05) is 20.6 Å². The number of rotatable bonds is 8. The van der Waals surface area contributed by atoms with Crippen molar-refractivity contribution in [2.75, 3.05) is 19.7 Å². The molecule has 2 aromatic carbocycles. The van der Waals surface area contributed by atoms with Gasteiger partial charge in [0.15, 0.2) is 5.78 Å². The monoisotopic (exact) mass is 431 g/mol. The van der Waals surface area contributed by atoms with Crippen LogP contribution >= 0.6 is 0 Å². The van der Waals surface area contributed by atoms with E-state index in [2.05, 4.69) is 0 Å². The molecule has 0 radical (unpaired) electrons. The number of sulfonamides is 1. The first-order valence-corrected chi connectivity index (χ1v) is 11.1. The molecule has 0 aliphatic rings. The van der Waals surface area contributed by atoms with Crippen molar-refractivity contribution in [2.24, 2.45) is 14.1 Å². The van der Waals surface area contributed by atoms with E-state index < -0.39 is 10.0 Å². The van der Waals surface area contributed by atoms with E-state index in [1.807, 2.05) is 6.92 Å². The lowest BCUT2D eigenvalue weighted by molar-refractivity contribution is 0.0964. The highest BCUT2D eigenvalue weighted by atomic mass is 32.2. The average Bonchev–Trinajstić information content (AvgIpc) is 2.96. The number of hydrogen-bond donors (Lipinski definition) is 0. The summed E-state index contributed by atoms with van der Waals surface area (Å²) < 4.78 is 35.9. The highest BCUT2D eigenvalue weighted by Crippen LogP contribution is 2.23. The summed E-state index contributed by atoms with van der Waals surface area (Å²) in [6.45, 7) is 3.70. The van der Waals surface area contributed by atoms with Gasteiger partial charge >= 0.3 is 5.69 Å². The third-order valence-electron chi connectivity index (χ3n) is 5.04. The zero-order valence-electron chi connectivity index (χ0n) is 17.5. The molecule has 30 heavy (non-hydrogen) atoms. The lowest BCUT2D eigenvalue weighted by Crippen LogP contribution is -2.35. The standard InChI is InChI=1S/C21H25N3O5S/c1-5-24(14-19(25)16-9-7-8-10-20(16)29-6-2)30(27,28)15-11-12-17-18(13-15)23(4)21(26)22(17)3/h7-13H,5-6,14H2,1-4H3. The molecule has 0 bridgehead atoms. The van der Waals surface area contributed by atoms with E-state index in [-0.39, 0.29) is 29.5 Å². The summed E-state index contributed by atoms with van der Waals surface area (Å²) in [6.07, 6.45) is 0. The number of para-hydroxylation sites is 1. The van der Waals surface area contributed by atoms with Gasteiger partial charge in [0.1, 0.15) is 5.75 Å². The van der Waals surface area contributed by atoms with E-state index in [4.69, 9.17) is 4.74 Å². The Morgan fingerprint density at radius 3 is 2.37 bits per heavy atom. The second-order valence-corrected chi connectivity index (χ2v) is 8.77. The van der Waals surface area contributed by atoms with Gasteiger partial charge < -0.3 is 4.74 Å². The number of aryl methyl sites for hydroxylation is 2. The molecule has 1 aromatic heterocycles. The highest BCUT2D eigenvalue weighted by Gasteiger charge is 2.27. The van der Waals surface area contributed by atoms with Crippen LogP contribution in [0.1, 0.15) is 24.2 Å².